The van der Waals surface area contributed by atoms with Gasteiger partial charge in [-0.2, -0.15) is 10.5 Å². The Labute approximate surface area is 172 Å². The number of aromatic amines is 1. The molecular formula is C19H12Br2N4O2. The fourth-order valence-corrected chi connectivity index (χ4v) is 2.48. The number of benzene rings is 1. The minimum atomic E-state index is -0.264. The Hall–Kier alpha value is -2.94. The Morgan fingerprint density at radius 1 is 0.963 bits per heavy atom. The fraction of sp³-hybridized carbons (Fsp3) is 0.0526. The number of H-pyrrole nitrogens is 1. The summed E-state index contributed by atoms with van der Waals surface area (Å²) in [6.45, 7) is 0.445. The van der Waals surface area contributed by atoms with Gasteiger partial charge in [0.1, 0.15) is 24.4 Å². The van der Waals surface area contributed by atoms with Crippen molar-refractivity contribution in [3.63, 3.8) is 0 Å². The lowest BCUT2D eigenvalue weighted by atomic mass is 10.2. The van der Waals surface area contributed by atoms with Crippen molar-refractivity contribution in [2.24, 2.45) is 0 Å². The largest absolute Gasteiger partial charge is 0.473 e. The Morgan fingerprint density at radius 2 is 1.67 bits per heavy atom. The van der Waals surface area contributed by atoms with Gasteiger partial charge in [-0.1, -0.05) is 30.3 Å². The second kappa shape index (κ2) is 10.3. The van der Waals surface area contributed by atoms with Crippen LogP contribution in [0.15, 0.2) is 68.3 Å². The van der Waals surface area contributed by atoms with E-state index in [1.54, 1.807) is 12.1 Å². The molecule has 3 rings (SSSR count). The first kappa shape index (κ1) is 20.4. The van der Waals surface area contributed by atoms with Gasteiger partial charge in [0.05, 0.1) is 8.95 Å². The van der Waals surface area contributed by atoms with Gasteiger partial charge >= 0.3 is 0 Å². The minimum absolute atomic E-state index is 0.257. The highest BCUT2D eigenvalue weighted by molar-refractivity contribution is 9.10. The van der Waals surface area contributed by atoms with Gasteiger partial charge in [0.15, 0.2) is 5.69 Å². The van der Waals surface area contributed by atoms with Crippen LogP contribution in [-0.4, -0.2) is 9.97 Å². The summed E-state index contributed by atoms with van der Waals surface area (Å²) in [5.41, 5.74) is 1.39. The molecule has 0 aliphatic carbocycles. The number of halogens is 2. The summed E-state index contributed by atoms with van der Waals surface area (Å²) in [6.07, 6.45) is 0. The topological polar surface area (TPSA) is 103 Å². The molecular weight excluding hydrogens is 476 g/mol. The normalized spacial score (nSPS) is 9.33. The smallest absolute Gasteiger partial charge is 0.248 e. The van der Waals surface area contributed by atoms with Crippen molar-refractivity contribution < 1.29 is 4.74 Å². The molecule has 2 aromatic heterocycles. The summed E-state index contributed by atoms with van der Waals surface area (Å²) in [5.74, 6) is 0.452. The highest BCUT2D eigenvalue weighted by Crippen LogP contribution is 2.18. The van der Waals surface area contributed by atoms with Crippen LogP contribution in [0.2, 0.25) is 0 Å². The van der Waals surface area contributed by atoms with E-state index in [1.807, 2.05) is 42.5 Å². The monoisotopic (exact) mass is 486 g/mol. The van der Waals surface area contributed by atoms with E-state index in [-0.39, 0.29) is 11.3 Å². The maximum Gasteiger partial charge on any atom is 0.248 e. The van der Waals surface area contributed by atoms with Gasteiger partial charge in [0.25, 0.3) is 0 Å². The zero-order valence-corrected chi connectivity index (χ0v) is 17.0. The van der Waals surface area contributed by atoms with Gasteiger partial charge in [0.2, 0.25) is 11.4 Å². The first-order chi connectivity index (χ1) is 13.0. The number of pyridine rings is 2. The van der Waals surface area contributed by atoms with Crippen LogP contribution in [-0.2, 0) is 6.61 Å². The molecule has 6 nitrogen and oxygen atoms in total. The van der Waals surface area contributed by atoms with E-state index in [4.69, 9.17) is 15.3 Å². The summed E-state index contributed by atoms with van der Waals surface area (Å²) in [4.78, 5) is 17.0. The summed E-state index contributed by atoms with van der Waals surface area (Å²) < 4.78 is 6.79. The molecule has 3 aromatic rings. The minimum Gasteiger partial charge on any atom is -0.473 e. The van der Waals surface area contributed by atoms with Crippen molar-refractivity contribution in [1.82, 2.24) is 9.97 Å². The summed E-state index contributed by atoms with van der Waals surface area (Å²) >= 11 is 6.34. The molecule has 1 aromatic carbocycles. The van der Waals surface area contributed by atoms with Crippen LogP contribution in [0.1, 0.15) is 17.0 Å². The lowest BCUT2D eigenvalue weighted by Crippen LogP contribution is -2.04. The van der Waals surface area contributed by atoms with E-state index in [0.717, 1.165) is 5.56 Å². The number of hydrogen-bond donors (Lipinski definition) is 1. The number of hydrogen-bond acceptors (Lipinski definition) is 5. The Morgan fingerprint density at radius 3 is 2.30 bits per heavy atom. The molecule has 0 atom stereocenters. The van der Waals surface area contributed by atoms with Crippen LogP contribution in [0.5, 0.6) is 5.88 Å². The molecule has 0 unspecified atom stereocenters. The zero-order valence-electron chi connectivity index (χ0n) is 13.8. The Kier molecular flexibility index (Phi) is 7.75. The van der Waals surface area contributed by atoms with Crippen LogP contribution in [0.25, 0.3) is 0 Å². The second-order valence-corrected chi connectivity index (χ2v) is 6.73. The number of nitrogens with zero attached hydrogens (tertiary/aromatic N) is 3. The maximum atomic E-state index is 10.6. The first-order valence-electron chi connectivity index (χ1n) is 7.55. The lowest BCUT2D eigenvalue weighted by molar-refractivity contribution is 0.293. The molecule has 0 bridgehead atoms. The van der Waals surface area contributed by atoms with E-state index in [0.29, 0.717) is 27.1 Å². The molecule has 0 saturated heterocycles. The summed E-state index contributed by atoms with van der Waals surface area (Å²) in [7, 11) is 0. The quantitative estimate of drug-likeness (QED) is 0.593. The van der Waals surface area contributed by atoms with Gasteiger partial charge in [0, 0.05) is 12.1 Å². The van der Waals surface area contributed by atoms with E-state index >= 15 is 0 Å². The summed E-state index contributed by atoms with van der Waals surface area (Å²) in [6, 6.07) is 20.0. The molecule has 0 amide bonds. The number of aromatic nitrogens is 2. The zero-order chi connectivity index (χ0) is 19.6. The predicted octanol–water partition coefficient (Wildman–Crippen LogP) is 4.30. The number of nitriles is 2. The Bertz CT molecular complexity index is 1050. The van der Waals surface area contributed by atoms with E-state index in [2.05, 4.69) is 41.8 Å². The van der Waals surface area contributed by atoms with Crippen molar-refractivity contribution in [2.75, 3.05) is 0 Å². The third-order valence-electron chi connectivity index (χ3n) is 3.14. The fourth-order valence-electron chi connectivity index (χ4n) is 1.85. The van der Waals surface area contributed by atoms with Crippen LogP contribution >= 0.6 is 31.9 Å². The van der Waals surface area contributed by atoms with Gasteiger partial charge in [-0.05, 0) is 49.6 Å². The van der Waals surface area contributed by atoms with Crippen LogP contribution < -0.4 is 10.3 Å². The van der Waals surface area contributed by atoms with Crippen LogP contribution in [0, 0.1) is 22.7 Å². The average molecular weight is 488 g/mol. The highest BCUT2D eigenvalue weighted by Gasteiger charge is 2.03. The third kappa shape index (κ3) is 6.37. The molecule has 1 N–H and O–H groups in total. The second-order valence-electron chi connectivity index (χ2n) is 5.02. The molecule has 0 spiro atoms. The van der Waals surface area contributed by atoms with Crippen molar-refractivity contribution in [3.05, 3.63) is 90.8 Å². The van der Waals surface area contributed by atoms with Crippen LogP contribution in [0.3, 0.4) is 0 Å². The Balaban J connectivity index is 0.000000223. The van der Waals surface area contributed by atoms with Crippen LogP contribution in [0.4, 0.5) is 0 Å². The van der Waals surface area contributed by atoms with Gasteiger partial charge in [-0.3, -0.25) is 4.79 Å². The number of ether oxygens (including phenoxy) is 1. The highest BCUT2D eigenvalue weighted by atomic mass is 79.9. The standard InChI is InChI=1S/C13H9BrN2O.C6H3BrN2O/c14-11-6-7-13(16-12(11)8-15)17-9-10-4-2-1-3-5-10;7-4-1-2-6(10)9-5(4)3-8/h1-7H,9H2;1-2H,(H,9,10). The van der Waals surface area contributed by atoms with Crippen molar-refractivity contribution in [2.45, 2.75) is 6.61 Å². The molecule has 8 heteroatoms. The predicted molar refractivity (Wildman–Crippen MR) is 107 cm³/mol. The SMILES string of the molecule is N#Cc1[nH]c(=O)ccc1Br.N#Cc1nc(OCc2ccccc2)ccc1Br. The van der Waals surface area contributed by atoms with E-state index in [1.165, 1.54) is 12.1 Å². The van der Waals surface area contributed by atoms with Crippen molar-refractivity contribution >= 4 is 31.9 Å². The molecule has 134 valence electrons. The van der Waals surface area contributed by atoms with Gasteiger partial charge in [-0.25, -0.2) is 4.98 Å². The van der Waals surface area contributed by atoms with Gasteiger partial charge < -0.3 is 9.72 Å². The first-order valence-corrected chi connectivity index (χ1v) is 9.14. The van der Waals surface area contributed by atoms with E-state index in [9.17, 15) is 4.79 Å². The number of rotatable bonds is 3. The average Bonchev–Trinajstić information content (AvgIpc) is 2.70. The molecule has 0 saturated carbocycles. The maximum absolute atomic E-state index is 10.6. The van der Waals surface area contributed by atoms with Crippen molar-refractivity contribution in [1.29, 1.82) is 10.5 Å². The molecule has 0 aliphatic rings. The molecule has 0 aliphatic heterocycles. The molecule has 2 heterocycles. The van der Waals surface area contributed by atoms with Crippen molar-refractivity contribution in [3.8, 4) is 18.0 Å². The van der Waals surface area contributed by atoms with E-state index < -0.39 is 0 Å². The molecule has 0 fully saturated rings. The number of nitrogens with one attached hydrogen (secondary N) is 1. The van der Waals surface area contributed by atoms with Gasteiger partial charge in [-0.15, -0.1) is 0 Å². The summed E-state index contributed by atoms with van der Waals surface area (Å²) in [5, 5.41) is 17.2. The third-order valence-corrected chi connectivity index (χ3v) is 4.44. The lowest BCUT2D eigenvalue weighted by Gasteiger charge is -2.05. The molecule has 27 heavy (non-hydrogen) atoms. The molecule has 0 radical (unpaired) electrons.